The molecule has 4 heteroatoms. The Labute approximate surface area is 102 Å². The second-order valence-electron chi connectivity index (χ2n) is 4.47. The monoisotopic (exact) mass is 239 g/mol. The fourth-order valence-corrected chi connectivity index (χ4v) is 3.01. The lowest BCUT2D eigenvalue weighted by atomic mass is 10.1. The number of nitrogens with zero attached hydrogens (tertiary/aromatic N) is 2. The number of hydrogen-bond acceptors (Lipinski definition) is 4. The van der Waals surface area contributed by atoms with Crippen LogP contribution < -0.4 is 5.32 Å². The Morgan fingerprint density at radius 2 is 2.56 bits per heavy atom. The van der Waals surface area contributed by atoms with Gasteiger partial charge in [0.25, 0.3) is 0 Å². The third kappa shape index (κ3) is 2.81. The summed E-state index contributed by atoms with van der Waals surface area (Å²) in [7, 11) is 0. The van der Waals surface area contributed by atoms with Crippen LogP contribution in [-0.2, 0) is 0 Å². The van der Waals surface area contributed by atoms with E-state index >= 15 is 0 Å². The standard InChI is InChI=1S/C12H21N3S/c1-3-15(7-11-5-4-6-13-11)10(2)12-8-16-9-14-12/h8-11,13H,3-7H2,1-2H3. The highest BCUT2D eigenvalue weighted by molar-refractivity contribution is 7.07. The number of nitrogens with one attached hydrogen (secondary N) is 1. The molecule has 1 saturated heterocycles. The number of aromatic nitrogens is 1. The van der Waals surface area contributed by atoms with Gasteiger partial charge in [0.1, 0.15) is 0 Å². The lowest BCUT2D eigenvalue weighted by molar-refractivity contribution is 0.199. The molecule has 2 rings (SSSR count). The van der Waals surface area contributed by atoms with E-state index in [4.69, 9.17) is 0 Å². The lowest BCUT2D eigenvalue weighted by Crippen LogP contribution is -2.38. The van der Waals surface area contributed by atoms with Crippen LogP contribution in [0.1, 0.15) is 38.4 Å². The van der Waals surface area contributed by atoms with Gasteiger partial charge >= 0.3 is 0 Å². The maximum Gasteiger partial charge on any atom is 0.0795 e. The minimum atomic E-state index is 0.443. The zero-order valence-electron chi connectivity index (χ0n) is 10.1. The zero-order chi connectivity index (χ0) is 11.4. The first-order valence-electron chi connectivity index (χ1n) is 6.16. The van der Waals surface area contributed by atoms with Crippen molar-refractivity contribution in [1.82, 2.24) is 15.2 Å². The van der Waals surface area contributed by atoms with Crippen molar-refractivity contribution in [2.75, 3.05) is 19.6 Å². The van der Waals surface area contributed by atoms with Crippen molar-refractivity contribution < 1.29 is 0 Å². The molecular formula is C12H21N3S. The lowest BCUT2D eigenvalue weighted by Gasteiger charge is -2.29. The summed E-state index contributed by atoms with van der Waals surface area (Å²) in [6, 6.07) is 1.12. The maximum atomic E-state index is 4.42. The highest BCUT2D eigenvalue weighted by atomic mass is 32.1. The van der Waals surface area contributed by atoms with Crippen molar-refractivity contribution in [3.63, 3.8) is 0 Å². The van der Waals surface area contributed by atoms with Crippen molar-refractivity contribution in [3.05, 3.63) is 16.6 Å². The van der Waals surface area contributed by atoms with Crippen LogP contribution in [-0.4, -0.2) is 35.6 Å². The summed E-state index contributed by atoms with van der Waals surface area (Å²) in [5, 5.41) is 5.72. The molecule has 0 amide bonds. The molecule has 1 aromatic heterocycles. The van der Waals surface area contributed by atoms with Crippen LogP contribution >= 0.6 is 11.3 Å². The number of hydrogen-bond donors (Lipinski definition) is 1. The number of thiazole rings is 1. The number of rotatable bonds is 5. The van der Waals surface area contributed by atoms with Crippen molar-refractivity contribution in [1.29, 1.82) is 0 Å². The van der Waals surface area contributed by atoms with Gasteiger partial charge in [-0.3, -0.25) is 4.90 Å². The summed E-state index contributed by atoms with van der Waals surface area (Å²) >= 11 is 1.69. The molecule has 90 valence electrons. The van der Waals surface area contributed by atoms with E-state index in [0.29, 0.717) is 12.1 Å². The molecule has 0 spiro atoms. The third-order valence-electron chi connectivity index (χ3n) is 3.45. The summed E-state index contributed by atoms with van der Waals surface area (Å²) in [5.41, 5.74) is 3.14. The van der Waals surface area contributed by atoms with Gasteiger partial charge < -0.3 is 5.32 Å². The maximum absolute atomic E-state index is 4.42. The molecule has 0 aromatic carbocycles. The average molecular weight is 239 g/mol. The SMILES string of the molecule is CCN(CC1CCCN1)C(C)c1cscn1. The van der Waals surface area contributed by atoms with Crippen molar-refractivity contribution >= 4 is 11.3 Å². The molecule has 2 atom stereocenters. The van der Waals surface area contributed by atoms with Gasteiger partial charge in [0, 0.05) is 18.0 Å². The largest absolute Gasteiger partial charge is 0.313 e. The predicted octanol–water partition coefficient (Wildman–Crippen LogP) is 2.28. The summed E-state index contributed by atoms with van der Waals surface area (Å²) in [6.45, 7) is 7.92. The second-order valence-corrected chi connectivity index (χ2v) is 5.19. The first-order chi connectivity index (χ1) is 7.81. The van der Waals surface area contributed by atoms with Crippen LogP contribution in [0.15, 0.2) is 10.9 Å². The minimum absolute atomic E-state index is 0.443. The molecule has 1 aliphatic rings. The Morgan fingerprint density at radius 1 is 1.69 bits per heavy atom. The zero-order valence-corrected chi connectivity index (χ0v) is 11.0. The molecule has 16 heavy (non-hydrogen) atoms. The van der Waals surface area contributed by atoms with E-state index in [2.05, 4.69) is 34.4 Å². The van der Waals surface area contributed by atoms with E-state index in [1.165, 1.54) is 25.1 Å². The Kier molecular flexibility index (Phi) is 4.32. The Morgan fingerprint density at radius 3 is 3.12 bits per heavy atom. The van der Waals surface area contributed by atoms with Crippen LogP contribution in [0.4, 0.5) is 0 Å². The smallest absolute Gasteiger partial charge is 0.0795 e. The summed E-state index contributed by atoms with van der Waals surface area (Å²) in [6.07, 6.45) is 2.65. The normalized spacial score (nSPS) is 22.8. The van der Waals surface area contributed by atoms with Gasteiger partial charge in [-0.15, -0.1) is 11.3 Å². The first kappa shape index (κ1) is 12.0. The van der Waals surface area contributed by atoms with E-state index < -0.39 is 0 Å². The average Bonchev–Trinajstić information content (AvgIpc) is 2.97. The van der Waals surface area contributed by atoms with Gasteiger partial charge in [0.2, 0.25) is 0 Å². The molecule has 0 aliphatic carbocycles. The van der Waals surface area contributed by atoms with Crippen molar-refractivity contribution in [2.24, 2.45) is 0 Å². The quantitative estimate of drug-likeness (QED) is 0.854. The number of likely N-dealkylation sites (N-methyl/N-ethyl adjacent to an activating group) is 1. The highest BCUT2D eigenvalue weighted by Crippen LogP contribution is 2.21. The van der Waals surface area contributed by atoms with E-state index in [1.54, 1.807) is 11.3 Å². The molecule has 1 fully saturated rings. The Bertz CT molecular complexity index is 293. The van der Waals surface area contributed by atoms with Gasteiger partial charge in [-0.1, -0.05) is 6.92 Å². The molecule has 0 bridgehead atoms. The Hall–Kier alpha value is -0.450. The van der Waals surface area contributed by atoms with E-state index in [-0.39, 0.29) is 0 Å². The van der Waals surface area contributed by atoms with Crippen LogP contribution in [0.25, 0.3) is 0 Å². The summed E-state index contributed by atoms with van der Waals surface area (Å²) in [4.78, 5) is 6.93. The van der Waals surface area contributed by atoms with Gasteiger partial charge in [0.05, 0.1) is 17.2 Å². The van der Waals surface area contributed by atoms with Crippen LogP contribution in [0, 0.1) is 0 Å². The summed E-state index contributed by atoms with van der Waals surface area (Å²) in [5.74, 6) is 0. The fourth-order valence-electron chi connectivity index (χ4n) is 2.37. The minimum Gasteiger partial charge on any atom is -0.313 e. The molecular weight excluding hydrogens is 218 g/mol. The van der Waals surface area contributed by atoms with Gasteiger partial charge in [0.15, 0.2) is 0 Å². The Balaban J connectivity index is 1.93. The fraction of sp³-hybridized carbons (Fsp3) is 0.750. The van der Waals surface area contributed by atoms with E-state index in [0.717, 1.165) is 13.1 Å². The second kappa shape index (κ2) is 5.75. The predicted molar refractivity (Wildman–Crippen MR) is 68.8 cm³/mol. The van der Waals surface area contributed by atoms with Crippen molar-refractivity contribution in [3.8, 4) is 0 Å². The van der Waals surface area contributed by atoms with Gasteiger partial charge in [-0.2, -0.15) is 0 Å². The topological polar surface area (TPSA) is 28.2 Å². The van der Waals surface area contributed by atoms with Gasteiger partial charge in [-0.25, -0.2) is 4.98 Å². The molecule has 2 unspecified atom stereocenters. The molecule has 1 aromatic rings. The molecule has 2 heterocycles. The summed E-state index contributed by atoms with van der Waals surface area (Å²) < 4.78 is 0. The van der Waals surface area contributed by atoms with Crippen LogP contribution in [0.3, 0.4) is 0 Å². The molecule has 0 saturated carbocycles. The van der Waals surface area contributed by atoms with Crippen LogP contribution in [0.2, 0.25) is 0 Å². The molecule has 3 nitrogen and oxygen atoms in total. The molecule has 0 radical (unpaired) electrons. The van der Waals surface area contributed by atoms with Crippen LogP contribution in [0.5, 0.6) is 0 Å². The highest BCUT2D eigenvalue weighted by Gasteiger charge is 2.21. The molecule has 1 N–H and O–H groups in total. The van der Waals surface area contributed by atoms with Crippen molar-refractivity contribution in [2.45, 2.75) is 38.8 Å². The van der Waals surface area contributed by atoms with Gasteiger partial charge in [-0.05, 0) is 32.9 Å². The molecule has 1 aliphatic heterocycles. The third-order valence-corrected chi connectivity index (χ3v) is 4.06. The van der Waals surface area contributed by atoms with E-state index in [1.807, 2.05) is 5.51 Å². The van der Waals surface area contributed by atoms with E-state index in [9.17, 15) is 0 Å². The first-order valence-corrected chi connectivity index (χ1v) is 7.11.